The smallest absolute Gasteiger partial charge is 0.231 e. The Hall–Kier alpha value is -2.67. The lowest BCUT2D eigenvalue weighted by atomic mass is 9.74. The molecule has 1 aromatic heterocycles. The zero-order valence-corrected chi connectivity index (χ0v) is 15.5. The van der Waals surface area contributed by atoms with Crippen molar-refractivity contribution in [2.75, 3.05) is 33.6 Å². The van der Waals surface area contributed by atoms with Gasteiger partial charge in [0, 0.05) is 32.2 Å². The number of benzene rings is 1. The highest BCUT2D eigenvalue weighted by molar-refractivity contribution is 5.79. The van der Waals surface area contributed by atoms with Crippen LogP contribution in [-0.2, 0) is 16.7 Å². The molecular weight excluding hydrogens is 346 g/mol. The first-order chi connectivity index (χ1) is 13.3. The molecule has 144 valence electrons. The number of fused-ring (bicyclic) bond motifs is 1. The highest BCUT2D eigenvalue weighted by Crippen LogP contribution is 2.40. The molecule has 1 fully saturated rings. The van der Waals surface area contributed by atoms with E-state index in [0.717, 1.165) is 55.8 Å². The lowest BCUT2D eigenvalue weighted by Gasteiger charge is -2.38. The van der Waals surface area contributed by atoms with E-state index in [1.165, 1.54) is 5.56 Å². The van der Waals surface area contributed by atoms with Crippen LogP contribution in [0.15, 0.2) is 46.0 Å². The predicted octanol–water partition coefficient (Wildman–Crippen LogP) is 2.42. The van der Waals surface area contributed by atoms with Crippen LogP contribution in [0.4, 0.5) is 0 Å². The fourth-order valence-corrected chi connectivity index (χ4v) is 3.61. The normalized spacial score (nSPS) is 18.3. The molecule has 0 unspecified atom stereocenters. The molecular formula is C20H25N3O4. The van der Waals surface area contributed by atoms with Gasteiger partial charge in [-0.15, -0.1) is 0 Å². The molecule has 0 aliphatic carbocycles. The lowest BCUT2D eigenvalue weighted by molar-refractivity contribution is 0.0513. The monoisotopic (exact) mass is 371 g/mol. The van der Waals surface area contributed by atoms with Gasteiger partial charge in [-0.3, -0.25) is 4.99 Å². The number of hydrogen-bond acceptors (Lipinski definition) is 5. The van der Waals surface area contributed by atoms with E-state index in [2.05, 4.69) is 27.8 Å². The molecule has 0 amide bonds. The Balaban J connectivity index is 1.47. The second kappa shape index (κ2) is 7.92. The van der Waals surface area contributed by atoms with Crippen molar-refractivity contribution in [1.29, 1.82) is 0 Å². The number of aliphatic imine (C=N–C) groups is 1. The molecule has 0 saturated carbocycles. The average molecular weight is 371 g/mol. The number of nitrogens with one attached hydrogen (secondary N) is 2. The molecule has 2 aromatic rings. The van der Waals surface area contributed by atoms with Crippen molar-refractivity contribution in [3.63, 3.8) is 0 Å². The zero-order valence-electron chi connectivity index (χ0n) is 15.5. The van der Waals surface area contributed by atoms with E-state index in [1.807, 2.05) is 18.2 Å². The van der Waals surface area contributed by atoms with Crippen molar-refractivity contribution in [2.24, 2.45) is 4.99 Å². The number of hydrogen-bond donors (Lipinski definition) is 2. The summed E-state index contributed by atoms with van der Waals surface area (Å²) >= 11 is 0. The van der Waals surface area contributed by atoms with E-state index in [-0.39, 0.29) is 12.2 Å². The second-order valence-electron chi connectivity index (χ2n) is 6.82. The summed E-state index contributed by atoms with van der Waals surface area (Å²) in [6.45, 7) is 3.13. The van der Waals surface area contributed by atoms with E-state index in [9.17, 15) is 0 Å². The standard InChI is InChI=1S/C20H25N3O4/c1-21-19(22-12-16-3-2-8-25-16)23-13-20(6-9-24-10-7-20)15-4-5-17-18(11-15)27-14-26-17/h2-5,8,11H,6-7,9-10,12-14H2,1H3,(H2,21,22,23). The van der Waals surface area contributed by atoms with Gasteiger partial charge in [-0.25, -0.2) is 0 Å². The van der Waals surface area contributed by atoms with Crippen molar-refractivity contribution in [2.45, 2.75) is 24.8 Å². The summed E-state index contributed by atoms with van der Waals surface area (Å²) in [5.74, 6) is 3.25. The van der Waals surface area contributed by atoms with E-state index in [0.29, 0.717) is 6.54 Å². The molecule has 2 N–H and O–H groups in total. The number of rotatable bonds is 5. The summed E-state index contributed by atoms with van der Waals surface area (Å²) in [7, 11) is 1.77. The van der Waals surface area contributed by atoms with Crippen LogP contribution in [0, 0.1) is 0 Å². The lowest BCUT2D eigenvalue weighted by Crippen LogP contribution is -2.47. The van der Waals surface area contributed by atoms with Crippen LogP contribution in [0.1, 0.15) is 24.2 Å². The van der Waals surface area contributed by atoms with E-state index < -0.39 is 0 Å². The number of furan rings is 1. The Bertz CT molecular complexity index is 783. The van der Waals surface area contributed by atoms with Gasteiger partial charge in [-0.05, 0) is 42.7 Å². The fraction of sp³-hybridized carbons (Fsp3) is 0.450. The maximum atomic E-state index is 5.63. The highest BCUT2D eigenvalue weighted by atomic mass is 16.7. The molecule has 27 heavy (non-hydrogen) atoms. The maximum Gasteiger partial charge on any atom is 0.231 e. The third-order valence-corrected chi connectivity index (χ3v) is 5.26. The van der Waals surface area contributed by atoms with Crippen molar-refractivity contribution in [3.8, 4) is 11.5 Å². The minimum absolute atomic E-state index is 0.0401. The van der Waals surface area contributed by atoms with Crippen LogP contribution in [0.3, 0.4) is 0 Å². The molecule has 2 aliphatic rings. The van der Waals surface area contributed by atoms with Gasteiger partial charge in [0.1, 0.15) is 5.76 Å². The van der Waals surface area contributed by atoms with Crippen LogP contribution in [0.5, 0.6) is 11.5 Å². The molecule has 2 aliphatic heterocycles. The van der Waals surface area contributed by atoms with Crippen molar-refractivity contribution in [1.82, 2.24) is 10.6 Å². The summed E-state index contributed by atoms with van der Waals surface area (Å²) in [4.78, 5) is 4.33. The SMILES string of the molecule is CN=C(NCc1ccco1)NCC1(c2ccc3c(c2)OCO3)CCOCC1. The minimum atomic E-state index is -0.0401. The summed E-state index contributed by atoms with van der Waals surface area (Å²) in [6.07, 6.45) is 3.55. The molecule has 3 heterocycles. The van der Waals surface area contributed by atoms with E-state index in [4.69, 9.17) is 18.6 Å². The van der Waals surface area contributed by atoms with E-state index in [1.54, 1.807) is 13.3 Å². The first kappa shape index (κ1) is 17.7. The summed E-state index contributed by atoms with van der Waals surface area (Å²) in [5, 5.41) is 6.77. The van der Waals surface area contributed by atoms with Gasteiger partial charge in [0.25, 0.3) is 0 Å². The molecule has 1 saturated heterocycles. The Morgan fingerprint density at radius 3 is 2.74 bits per heavy atom. The van der Waals surface area contributed by atoms with Crippen LogP contribution >= 0.6 is 0 Å². The molecule has 0 atom stereocenters. The Labute approximate surface area is 158 Å². The van der Waals surface area contributed by atoms with Crippen LogP contribution in [0.25, 0.3) is 0 Å². The van der Waals surface area contributed by atoms with Crippen LogP contribution in [-0.4, -0.2) is 39.6 Å². The second-order valence-corrected chi connectivity index (χ2v) is 6.82. The molecule has 0 radical (unpaired) electrons. The zero-order chi connectivity index (χ0) is 18.5. The topological polar surface area (TPSA) is 77.3 Å². The molecule has 4 rings (SSSR count). The number of nitrogens with zero attached hydrogens (tertiary/aromatic N) is 1. The summed E-state index contributed by atoms with van der Waals surface area (Å²) < 4.78 is 22.0. The Morgan fingerprint density at radius 2 is 1.96 bits per heavy atom. The van der Waals surface area contributed by atoms with Gasteiger partial charge < -0.3 is 29.3 Å². The van der Waals surface area contributed by atoms with Gasteiger partial charge in [0.15, 0.2) is 17.5 Å². The van der Waals surface area contributed by atoms with E-state index >= 15 is 0 Å². The van der Waals surface area contributed by atoms with Crippen LogP contribution < -0.4 is 20.1 Å². The number of ether oxygens (including phenoxy) is 3. The van der Waals surface area contributed by atoms with Gasteiger partial charge in [-0.2, -0.15) is 0 Å². The van der Waals surface area contributed by atoms with Gasteiger partial charge in [0.2, 0.25) is 6.79 Å². The van der Waals surface area contributed by atoms with Crippen LogP contribution in [0.2, 0.25) is 0 Å². The largest absolute Gasteiger partial charge is 0.467 e. The first-order valence-electron chi connectivity index (χ1n) is 9.24. The Kier molecular flexibility index (Phi) is 5.20. The third kappa shape index (κ3) is 3.88. The minimum Gasteiger partial charge on any atom is -0.467 e. The van der Waals surface area contributed by atoms with Gasteiger partial charge >= 0.3 is 0 Å². The highest BCUT2D eigenvalue weighted by Gasteiger charge is 2.35. The maximum absolute atomic E-state index is 5.63. The van der Waals surface area contributed by atoms with Crippen molar-refractivity contribution < 1.29 is 18.6 Å². The summed E-state index contributed by atoms with van der Waals surface area (Å²) in [6, 6.07) is 10.1. The number of guanidine groups is 1. The summed E-state index contributed by atoms with van der Waals surface area (Å²) in [5.41, 5.74) is 1.20. The average Bonchev–Trinajstić information content (AvgIpc) is 3.40. The van der Waals surface area contributed by atoms with Gasteiger partial charge in [-0.1, -0.05) is 6.07 Å². The third-order valence-electron chi connectivity index (χ3n) is 5.26. The molecule has 0 bridgehead atoms. The molecule has 0 spiro atoms. The van der Waals surface area contributed by atoms with Crippen molar-refractivity contribution >= 4 is 5.96 Å². The first-order valence-corrected chi connectivity index (χ1v) is 9.24. The predicted molar refractivity (Wildman–Crippen MR) is 101 cm³/mol. The fourth-order valence-electron chi connectivity index (χ4n) is 3.61. The molecule has 1 aromatic carbocycles. The molecule has 7 heteroatoms. The molecule has 7 nitrogen and oxygen atoms in total. The Morgan fingerprint density at radius 1 is 1.11 bits per heavy atom. The van der Waals surface area contributed by atoms with Gasteiger partial charge in [0.05, 0.1) is 12.8 Å². The quantitative estimate of drug-likeness (QED) is 0.621. The van der Waals surface area contributed by atoms with Crippen molar-refractivity contribution in [3.05, 3.63) is 47.9 Å².